The Morgan fingerprint density at radius 1 is 1.37 bits per heavy atom. The van der Waals surface area contributed by atoms with Gasteiger partial charge in [-0.25, -0.2) is 0 Å². The second kappa shape index (κ2) is 6.20. The van der Waals surface area contributed by atoms with Crippen molar-refractivity contribution in [1.82, 2.24) is 9.80 Å². The molecule has 0 atom stereocenters. The van der Waals surface area contributed by atoms with Crippen LogP contribution in [0, 0.1) is 6.92 Å². The van der Waals surface area contributed by atoms with Gasteiger partial charge in [0.1, 0.15) is 0 Å². The molecule has 0 radical (unpaired) electrons. The Balaban J connectivity index is 2.00. The smallest absolute Gasteiger partial charge is 0.253 e. The van der Waals surface area contributed by atoms with Gasteiger partial charge in [-0.2, -0.15) is 0 Å². The van der Waals surface area contributed by atoms with Crippen LogP contribution in [0.1, 0.15) is 35.7 Å². The predicted octanol–water partition coefficient (Wildman–Crippen LogP) is 2.55. The minimum absolute atomic E-state index is 0.152. The van der Waals surface area contributed by atoms with Gasteiger partial charge in [0.2, 0.25) is 0 Å². The highest BCUT2D eigenvalue weighted by Crippen LogP contribution is 2.17. The van der Waals surface area contributed by atoms with Crippen LogP contribution in [0.15, 0.2) is 24.3 Å². The molecule has 0 N–H and O–H groups in total. The number of amides is 1. The number of nitrogens with zero attached hydrogens (tertiary/aromatic N) is 2. The number of carbonyl (C=O) groups excluding carboxylic acids is 1. The molecule has 1 saturated heterocycles. The molecule has 0 saturated carbocycles. The number of aryl methyl sites for hydroxylation is 1. The molecule has 0 spiro atoms. The number of rotatable bonds is 3. The fourth-order valence-electron chi connectivity index (χ4n) is 2.77. The maximum Gasteiger partial charge on any atom is 0.253 e. The Morgan fingerprint density at radius 3 is 2.63 bits per heavy atom. The van der Waals surface area contributed by atoms with Crippen molar-refractivity contribution in [2.75, 3.05) is 26.7 Å². The molecule has 1 aromatic rings. The number of hydrogen-bond donors (Lipinski definition) is 0. The third kappa shape index (κ3) is 3.35. The quantitative estimate of drug-likeness (QED) is 0.834. The van der Waals surface area contributed by atoms with Crippen LogP contribution in [0.5, 0.6) is 0 Å². The monoisotopic (exact) mass is 260 g/mol. The Bertz CT molecular complexity index is 436. The van der Waals surface area contributed by atoms with Gasteiger partial charge in [-0.3, -0.25) is 4.79 Å². The fraction of sp³-hybridized carbons (Fsp3) is 0.562. The molecule has 1 fully saturated rings. The second-order valence-corrected chi connectivity index (χ2v) is 5.45. The Morgan fingerprint density at radius 2 is 2.05 bits per heavy atom. The standard InChI is InChI=1S/C16H24N2O/c1-4-18-10-8-15(9-11-18)17(3)16(19)14-7-5-6-13(2)12-14/h5-7,12,15H,4,8-11H2,1-3H3. The van der Waals surface area contributed by atoms with Crippen LogP contribution in [-0.4, -0.2) is 48.4 Å². The topological polar surface area (TPSA) is 23.6 Å². The van der Waals surface area contributed by atoms with E-state index in [0.29, 0.717) is 6.04 Å². The van der Waals surface area contributed by atoms with Crippen LogP contribution in [0.25, 0.3) is 0 Å². The molecule has 0 aliphatic carbocycles. The predicted molar refractivity (Wildman–Crippen MR) is 78.4 cm³/mol. The van der Waals surface area contributed by atoms with Crippen LogP contribution in [-0.2, 0) is 0 Å². The summed E-state index contributed by atoms with van der Waals surface area (Å²) in [5, 5.41) is 0. The van der Waals surface area contributed by atoms with Crippen molar-refractivity contribution in [2.45, 2.75) is 32.7 Å². The lowest BCUT2D eigenvalue weighted by Gasteiger charge is -2.36. The van der Waals surface area contributed by atoms with E-state index in [1.54, 1.807) is 0 Å². The first-order valence-electron chi connectivity index (χ1n) is 7.18. The van der Waals surface area contributed by atoms with E-state index in [9.17, 15) is 4.79 Å². The molecule has 1 aliphatic heterocycles. The van der Waals surface area contributed by atoms with E-state index in [-0.39, 0.29) is 5.91 Å². The molecule has 2 rings (SSSR count). The van der Waals surface area contributed by atoms with Crippen LogP contribution in [0.3, 0.4) is 0 Å². The number of carbonyl (C=O) groups is 1. The van der Waals surface area contributed by atoms with Gasteiger partial charge in [0.15, 0.2) is 0 Å². The molecule has 1 amide bonds. The first-order chi connectivity index (χ1) is 9.11. The van der Waals surface area contributed by atoms with Crippen LogP contribution < -0.4 is 0 Å². The van der Waals surface area contributed by atoms with Gasteiger partial charge in [-0.15, -0.1) is 0 Å². The summed E-state index contributed by atoms with van der Waals surface area (Å²) in [6, 6.07) is 8.25. The van der Waals surface area contributed by atoms with E-state index in [1.165, 1.54) is 0 Å². The summed E-state index contributed by atoms with van der Waals surface area (Å²) in [5.41, 5.74) is 1.94. The van der Waals surface area contributed by atoms with Crippen molar-refractivity contribution in [3.63, 3.8) is 0 Å². The van der Waals surface area contributed by atoms with Gasteiger partial charge in [-0.1, -0.05) is 24.6 Å². The summed E-state index contributed by atoms with van der Waals surface area (Å²) < 4.78 is 0. The highest BCUT2D eigenvalue weighted by Gasteiger charge is 2.25. The maximum absolute atomic E-state index is 12.5. The zero-order chi connectivity index (χ0) is 13.8. The van der Waals surface area contributed by atoms with E-state index >= 15 is 0 Å². The molecular formula is C16H24N2O. The molecule has 1 aromatic carbocycles. The van der Waals surface area contributed by atoms with E-state index in [1.807, 2.05) is 43.1 Å². The minimum atomic E-state index is 0.152. The van der Waals surface area contributed by atoms with Crippen molar-refractivity contribution in [3.8, 4) is 0 Å². The molecule has 3 nitrogen and oxygen atoms in total. The average Bonchev–Trinajstić information content (AvgIpc) is 2.46. The van der Waals surface area contributed by atoms with Gasteiger partial charge in [0.05, 0.1) is 0 Å². The summed E-state index contributed by atoms with van der Waals surface area (Å²) in [4.78, 5) is 16.8. The molecule has 1 aliphatic rings. The van der Waals surface area contributed by atoms with Crippen molar-refractivity contribution in [2.24, 2.45) is 0 Å². The fourth-order valence-corrected chi connectivity index (χ4v) is 2.77. The van der Waals surface area contributed by atoms with Gasteiger partial charge < -0.3 is 9.80 Å². The third-order valence-corrected chi connectivity index (χ3v) is 4.14. The van der Waals surface area contributed by atoms with Crippen LogP contribution in [0.4, 0.5) is 0 Å². The number of hydrogen-bond acceptors (Lipinski definition) is 2. The number of benzene rings is 1. The Kier molecular flexibility index (Phi) is 4.59. The lowest BCUT2D eigenvalue weighted by molar-refractivity contribution is 0.0647. The SMILES string of the molecule is CCN1CCC(N(C)C(=O)c2cccc(C)c2)CC1. The first-order valence-corrected chi connectivity index (χ1v) is 7.18. The molecule has 19 heavy (non-hydrogen) atoms. The van der Waals surface area contributed by atoms with E-state index in [0.717, 1.165) is 43.6 Å². The summed E-state index contributed by atoms with van der Waals surface area (Å²) in [5.74, 6) is 0.152. The molecule has 0 unspecified atom stereocenters. The molecule has 1 heterocycles. The van der Waals surface area contributed by atoms with Crippen LogP contribution in [0.2, 0.25) is 0 Å². The van der Waals surface area contributed by atoms with Gasteiger partial charge >= 0.3 is 0 Å². The lowest BCUT2D eigenvalue weighted by Crippen LogP contribution is -2.45. The Labute approximate surface area is 116 Å². The molecule has 0 bridgehead atoms. The zero-order valence-corrected chi connectivity index (χ0v) is 12.2. The minimum Gasteiger partial charge on any atom is -0.339 e. The van der Waals surface area contributed by atoms with Gasteiger partial charge in [-0.05, 0) is 38.4 Å². The second-order valence-electron chi connectivity index (χ2n) is 5.45. The van der Waals surface area contributed by atoms with Gasteiger partial charge in [0.25, 0.3) is 5.91 Å². The molecular weight excluding hydrogens is 236 g/mol. The van der Waals surface area contributed by atoms with E-state index in [4.69, 9.17) is 0 Å². The average molecular weight is 260 g/mol. The van der Waals surface area contributed by atoms with Crippen LogP contribution >= 0.6 is 0 Å². The van der Waals surface area contributed by atoms with Crippen molar-refractivity contribution >= 4 is 5.91 Å². The summed E-state index contributed by atoms with van der Waals surface area (Å²) >= 11 is 0. The first kappa shape index (κ1) is 14.1. The summed E-state index contributed by atoms with van der Waals surface area (Å²) in [7, 11) is 1.94. The van der Waals surface area contributed by atoms with Crippen molar-refractivity contribution in [1.29, 1.82) is 0 Å². The Hall–Kier alpha value is -1.35. The normalized spacial score (nSPS) is 17.4. The highest BCUT2D eigenvalue weighted by molar-refractivity contribution is 5.94. The van der Waals surface area contributed by atoms with Crippen molar-refractivity contribution < 1.29 is 4.79 Å². The third-order valence-electron chi connectivity index (χ3n) is 4.14. The lowest BCUT2D eigenvalue weighted by atomic mass is 10.0. The zero-order valence-electron chi connectivity index (χ0n) is 12.2. The number of likely N-dealkylation sites (tertiary alicyclic amines) is 1. The highest BCUT2D eigenvalue weighted by atomic mass is 16.2. The molecule has 104 valence electrons. The molecule has 3 heteroatoms. The maximum atomic E-state index is 12.5. The summed E-state index contributed by atoms with van der Waals surface area (Å²) in [6.45, 7) is 7.54. The number of piperidine rings is 1. The largest absolute Gasteiger partial charge is 0.339 e. The van der Waals surface area contributed by atoms with E-state index < -0.39 is 0 Å². The van der Waals surface area contributed by atoms with Gasteiger partial charge in [0, 0.05) is 31.7 Å². The van der Waals surface area contributed by atoms with E-state index in [2.05, 4.69) is 11.8 Å². The summed E-state index contributed by atoms with van der Waals surface area (Å²) in [6.07, 6.45) is 2.17. The van der Waals surface area contributed by atoms with Crippen molar-refractivity contribution in [3.05, 3.63) is 35.4 Å². The molecule has 0 aromatic heterocycles.